The van der Waals surface area contributed by atoms with Crippen LogP contribution in [0.4, 0.5) is 4.39 Å². The van der Waals surface area contributed by atoms with Crippen molar-refractivity contribution in [3.8, 4) is 5.75 Å². The quantitative estimate of drug-likeness (QED) is 0.608. The Bertz CT molecular complexity index is 449. The predicted octanol–water partition coefficient (Wildman–Crippen LogP) is 2.96. The van der Waals surface area contributed by atoms with E-state index >= 15 is 0 Å². The lowest BCUT2D eigenvalue weighted by Gasteiger charge is -2.19. The van der Waals surface area contributed by atoms with Gasteiger partial charge in [-0.25, -0.2) is 0 Å². The second-order valence-electron chi connectivity index (χ2n) is 5.03. The van der Waals surface area contributed by atoms with Gasteiger partial charge in [0.2, 0.25) is 5.78 Å². The Morgan fingerprint density at radius 1 is 1.32 bits per heavy atom. The molecule has 0 N–H and O–H groups in total. The molecule has 5 heteroatoms. The van der Waals surface area contributed by atoms with Crippen LogP contribution in [0.2, 0.25) is 0 Å². The number of ether oxygens (including phenoxy) is 1. The molecule has 0 spiro atoms. The zero-order valence-electron chi connectivity index (χ0n) is 11.5. The highest BCUT2D eigenvalue weighted by atomic mass is 19.1. The molecule has 0 aliphatic heterocycles. The summed E-state index contributed by atoms with van der Waals surface area (Å²) in [5.74, 6) is -0.294. The van der Waals surface area contributed by atoms with Crippen molar-refractivity contribution in [2.45, 2.75) is 27.1 Å². The van der Waals surface area contributed by atoms with E-state index in [1.807, 2.05) is 0 Å². The Kier molecular flexibility index (Phi) is 5.03. The minimum Gasteiger partial charge on any atom is -0.453 e. The van der Waals surface area contributed by atoms with E-state index in [4.69, 9.17) is 4.74 Å². The molecule has 0 radical (unpaired) electrons. The molecule has 0 saturated heterocycles. The zero-order valence-corrected chi connectivity index (χ0v) is 11.5. The number of alkyl halides is 1. The number of halogens is 1. The van der Waals surface area contributed by atoms with Gasteiger partial charge >= 0.3 is 0 Å². The summed E-state index contributed by atoms with van der Waals surface area (Å²) >= 11 is 0. The summed E-state index contributed by atoms with van der Waals surface area (Å²) in [5.41, 5.74) is 0.0107. The van der Waals surface area contributed by atoms with Gasteiger partial charge in [0.05, 0.1) is 6.21 Å². The molecule has 1 aromatic rings. The summed E-state index contributed by atoms with van der Waals surface area (Å²) in [7, 11) is 1.44. The number of Topliss-reactive ketones (excluding diaryl/α,β-unsaturated/α-hetero) is 1. The lowest BCUT2D eigenvalue weighted by atomic mass is 9.91. The topological polar surface area (TPSA) is 47.9 Å². The lowest BCUT2D eigenvalue weighted by molar-refractivity contribution is -0.141. The van der Waals surface area contributed by atoms with Gasteiger partial charge < -0.3 is 9.57 Å². The van der Waals surface area contributed by atoms with Crippen LogP contribution < -0.4 is 4.74 Å². The van der Waals surface area contributed by atoms with Gasteiger partial charge in [-0.05, 0) is 29.8 Å². The van der Waals surface area contributed by atoms with Crippen molar-refractivity contribution in [3.63, 3.8) is 0 Å². The third kappa shape index (κ3) is 4.69. The smallest absolute Gasteiger partial charge is 0.297 e. The highest BCUT2D eigenvalue weighted by molar-refractivity contribution is 5.86. The van der Waals surface area contributed by atoms with Gasteiger partial charge in [0.15, 0.2) is 0 Å². The summed E-state index contributed by atoms with van der Waals surface area (Å²) < 4.78 is 18.6. The summed E-state index contributed by atoms with van der Waals surface area (Å²) in [6.07, 6.45) is -0.449. The van der Waals surface area contributed by atoms with Gasteiger partial charge in [0, 0.05) is 5.41 Å². The van der Waals surface area contributed by atoms with Gasteiger partial charge in [0.25, 0.3) is 6.36 Å². The van der Waals surface area contributed by atoms with Crippen molar-refractivity contribution in [1.82, 2.24) is 0 Å². The van der Waals surface area contributed by atoms with Crippen molar-refractivity contribution in [2.75, 3.05) is 7.11 Å². The lowest BCUT2D eigenvalue weighted by Crippen LogP contribution is -2.33. The molecular formula is C14H18FNO3. The zero-order chi connectivity index (χ0) is 14.5. The SMILES string of the molecule is CON=Cc1ccc(OC(F)C(=O)C(C)(C)C)cc1. The molecule has 0 aliphatic rings. The molecule has 0 heterocycles. The predicted molar refractivity (Wildman–Crippen MR) is 71.0 cm³/mol. The normalized spacial score (nSPS) is 13.3. The summed E-state index contributed by atoms with van der Waals surface area (Å²) in [6.45, 7) is 4.95. The van der Waals surface area contributed by atoms with Gasteiger partial charge in [0.1, 0.15) is 12.9 Å². The second-order valence-corrected chi connectivity index (χ2v) is 5.03. The maximum atomic E-state index is 13.7. The Morgan fingerprint density at radius 2 is 1.89 bits per heavy atom. The van der Waals surface area contributed by atoms with Crippen LogP contribution in [-0.4, -0.2) is 25.5 Å². The molecule has 1 atom stereocenters. The maximum absolute atomic E-state index is 13.7. The molecule has 0 saturated carbocycles. The molecule has 104 valence electrons. The van der Waals surface area contributed by atoms with Crippen LogP contribution in [0.15, 0.2) is 29.4 Å². The third-order valence-corrected chi connectivity index (χ3v) is 2.37. The van der Waals surface area contributed by atoms with E-state index in [1.165, 1.54) is 13.3 Å². The average molecular weight is 267 g/mol. The largest absolute Gasteiger partial charge is 0.453 e. The average Bonchev–Trinajstić information content (AvgIpc) is 2.36. The van der Waals surface area contributed by atoms with Crippen molar-refractivity contribution >= 4 is 12.0 Å². The third-order valence-electron chi connectivity index (χ3n) is 2.37. The number of carbonyl (C=O) groups is 1. The first-order chi connectivity index (χ1) is 8.84. The van der Waals surface area contributed by atoms with Crippen molar-refractivity contribution < 1.29 is 18.8 Å². The first-order valence-electron chi connectivity index (χ1n) is 5.86. The molecule has 19 heavy (non-hydrogen) atoms. The number of carbonyl (C=O) groups excluding carboxylic acids is 1. The van der Waals surface area contributed by atoms with Crippen molar-refractivity contribution in [3.05, 3.63) is 29.8 Å². The standard InChI is InChI=1S/C14H18FNO3/c1-14(2,3)12(17)13(15)19-11-7-5-10(6-8-11)9-16-18-4/h5-9,13H,1-4H3. The summed E-state index contributed by atoms with van der Waals surface area (Å²) in [6, 6.07) is 6.51. The minimum atomic E-state index is -1.96. The molecule has 1 rings (SSSR count). The number of rotatable bonds is 5. The van der Waals surface area contributed by atoms with E-state index in [9.17, 15) is 9.18 Å². The molecule has 0 aliphatic carbocycles. The van der Waals surface area contributed by atoms with Crippen LogP contribution in [0.1, 0.15) is 26.3 Å². The van der Waals surface area contributed by atoms with E-state index in [2.05, 4.69) is 9.99 Å². The summed E-state index contributed by atoms with van der Waals surface area (Å²) in [4.78, 5) is 16.2. The Labute approximate surface area is 112 Å². The van der Waals surface area contributed by atoms with Gasteiger partial charge in [-0.15, -0.1) is 0 Å². The molecule has 0 aromatic heterocycles. The Morgan fingerprint density at radius 3 is 2.37 bits per heavy atom. The van der Waals surface area contributed by atoms with Crippen LogP contribution >= 0.6 is 0 Å². The van der Waals surface area contributed by atoms with Gasteiger partial charge in [-0.1, -0.05) is 25.9 Å². The van der Waals surface area contributed by atoms with Gasteiger partial charge in [-0.3, -0.25) is 4.79 Å². The number of ketones is 1. The molecule has 0 bridgehead atoms. The number of hydrogen-bond acceptors (Lipinski definition) is 4. The molecule has 0 amide bonds. The molecule has 4 nitrogen and oxygen atoms in total. The van der Waals surface area contributed by atoms with E-state index in [1.54, 1.807) is 45.0 Å². The first-order valence-corrected chi connectivity index (χ1v) is 5.86. The molecule has 1 aromatic carbocycles. The van der Waals surface area contributed by atoms with E-state index in [0.717, 1.165) is 5.56 Å². The fourth-order valence-corrected chi connectivity index (χ4v) is 1.26. The van der Waals surface area contributed by atoms with Crippen molar-refractivity contribution in [1.29, 1.82) is 0 Å². The number of hydrogen-bond donors (Lipinski definition) is 0. The van der Waals surface area contributed by atoms with Crippen LogP contribution in [0.25, 0.3) is 0 Å². The van der Waals surface area contributed by atoms with Gasteiger partial charge in [-0.2, -0.15) is 4.39 Å². The first kappa shape index (κ1) is 15.1. The highest BCUT2D eigenvalue weighted by Crippen LogP contribution is 2.21. The van der Waals surface area contributed by atoms with E-state index < -0.39 is 17.6 Å². The molecule has 1 unspecified atom stereocenters. The number of oxime groups is 1. The van der Waals surface area contributed by atoms with Crippen LogP contribution in [0.5, 0.6) is 5.75 Å². The molecular weight excluding hydrogens is 249 g/mol. The Balaban J connectivity index is 2.68. The number of nitrogens with zero attached hydrogens (tertiary/aromatic N) is 1. The fourth-order valence-electron chi connectivity index (χ4n) is 1.26. The van der Waals surface area contributed by atoms with E-state index in [-0.39, 0.29) is 0 Å². The minimum absolute atomic E-state index is 0.291. The Hall–Kier alpha value is -1.91. The van der Waals surface area contributed by atoms with E-state index in [0.29, 0.717) is 5.75 Å². The monoisotopic (exact) mass is 267 g/mol. The number of benzene rings is 1. The second kappa shape index (κ2) is 6.31. The van der Waals surface area contributed by atoms with Crippen molar-refractivity contribution in [2.24, 2.45) is 10.6 Å². The highest BCUT2D eigenvalue weighted by Gasteiger charge is 2.31. The maximum Gasteiger partial charge on any atom is 0.297 e. The van der Waals surface area contributed by atoms with Crippen LogP contribution in [-0.2, 0) is 9.63 Å². The molecule has 0 fully saturated rings. The van der Waals surface area contributed by atoms with Crippen LogP contribution in [0, 0.1) is 5.41 Å². The fraction of sp³-hybridized carbons (Fsp3) is 0.429. The van der Waals surface area contributed by atoms with Crippen LogP contribution in [0.3, 0.4) is 0 Å². The summed E-state index contributed by atoms with van der Waals surface area (Å²) in [5, 5.41) is 3.60.